The molecule has 0 aliphatic heterocycles. The summed E-state index contributed by atoms with van der Waals surface area (Å²) in [5.74, 6) is 0. The monoisotopic (exact) mass is 384 g/mol. The van der Waals surface area contributed by atoms with Gasteiger partial charge in [-0.15, -0.1) is 11.3 Å². The smallest absolute Gasteiger partial charge is 0.305 e. The predicted molar refractivity (Wildman–Crippen MR) is 94.8 cm³/mol. The molecule has 0 aromatic carbocycles. The Hall–Kier alpha value is -0.0000000000000000416. The molecule has 0 atom stereocenters. The second-order valence-corrected chi connectivity index (χ2v) is 9.92. The molecule has 0 radical (unpaired) electrons. The van der Waals surface area contributed by atoms with Crippen molar-refractivity contribution in [1.29, 1.82) is 0 Å². The Kier molecular flexibility index (Phi) is 8.15. The Morgan fingerprint density at radius 2 is 0.957 bits per heavy atom. The molecule has 0 spiro atoms. The van der Waals surface area contributed by atoms with Gasteiger partial charge in [-0.05, 0) is 41.5 Å². The topological polar surface area (TPSA) is 71.1 Å². The van der Waals surface area contributed by atoms with E-state index >= 15 is 0 Å². The molecular weight excluding hydrogens is 358 g/mol. The highest BCUT2D eigenvalue weighted by atomic mass is 32.1. The first-order chi connectivity index (χ1) is 10.8. The van der Waals surface area contributed by atoms with E-state index in [0.29, 0.717) is 10.6 Å². The van der Waals surface area contributed by atoms with Crippen LogP contribution in [0.3, 0.4) is 0 Å². The number of rotatable bonds is 10. The fraction of sp³-hybridized carbons (Fsp3) is 0.714. The van der Waals surface area contributed by atoms with Gasteiger partial charge in [0.25, 0.3) is 0 Å². The lowest BCUT2D eigenvalue weighted by Gasteiger charge is -2.23. The highest BCUT2D eigenvalue weighted by molar-refractivity contribution is 7.70. The summed E-state index contributed by atoms with van der Waals surface area (Å²) in [7, 11) is -7.18. The van der Waals surface area contributed by atoms with E-state index in [4.69, 9.17) is 18.1 Å². The lowest BCUT2D eigenvalue weighted by Crippen LogP contribution is -2.29. The minimum absolute atomic E-state index is 0.221. The molecule has 1 aromatic rings. The van der Waals surface area contributed by atoms with Crippen LogP contribution in [0.5, 0.6) is 0 Å². The Labute approximate surface area is 142 Å². The van der Waals surface area contributed by atoms with Crippen molar-refractivity contribution in [3.63, 3.8) is 0 Å². The highest BCUT2D eigenvalue weighted by Gasteiger charge is 2.42. The zero-order valence-corrected chi connectivity index (χ0v) is 17.2. The number of aryl methyl sites for hydroxylation is 2. The van der Waals surface area contributed by atoms with Crippen molar-refractivity contribution in [1.82, 2.24) is 0 Å². The summed E-state index contributed by atoms with van der Waals surface area (Å²) in [6, 6.07) is 0. The first-order valence-electron chi connectivity index (χ1n) is 7.68. The average Bonchev–Trinajstić information content (AvgIpc) is 2.75. The Morgan fingerprint density at radius 1 is 0.696 bits per heavy atom. The molecule has 0 N–H and O–H groups in total. The van der Waals surface area contributed by atoms with Crippen molar-refractivity contribution in [2.75, 3.05) is 26.4 Å². The molecule has 0 saturated carbocycles. The second-order valence-electron chi connectivity index (χ2n) is 4.58. The molecule has 6 nitrogen and oxygen atoms in total. The maximum absolute atomic E-state index is 13.3. The van der Waals surface area contributed by atoms with E-state index in [1.54, 1.807) is 27.7 Å². The summed E-state index contributed by atoms with van der Waals surface area (Å²) in [6.07, 6.45) is 0. The molecular formula is C14H26O6P2S. The van der Waals surface area contributed by atoms with Crippen LogP contribution in [0.15, 0.2) is 0 Å². The third-order valence-corrected chi connectivity index (χ3v) is 9.05. The van der Waals surface area contributed by atoms with Crippen LogP contribution < -0.4 is 10.6 Å². The van der Waals surface area contributed by atoms with Gasteiger partial charge in [0, 0.05) is 9.75 Å². The van der Waals surface area contributed by atoms with Crippen LogP contribution >= 0.6 is 26.5 Å². The number of thiophene rings is 1. The molecule has 0 unspecified atom stereocenters. The van der Waals surface area contributed by atoms with Crippen molar-refractivity contribution < 1.29 is 27.2 Å². The van der Waals surface area contributed by atoms with Crippen LogP contribution in [-0.2, 0) is 27.2 Å². The summed E-state index contributed by atoms with van der Waals surface area (Å²) in [4.78, 5) is 1.48. The molecule has 0 aliphatic carbocycles. The minimum Gasteiger partial charge on any atom is -0.305 e. The van der Waals surface area contributed by atoms with Gasteiger partial charge in [-0.2, -0.15) is 0 Å². The van der Waals surface area contributed by atoms with Crippen molar-refractivity contribution in [2.24, 2.45) is 0 Å². The molecule has 9 heteroatoms. The Balaban J connectivity index is 3.62. The van der Waals surface area contributed by atoms with Gasteiger partial charge in [0.2, 0.25) is 0 Å². The summed E-state index contributed by atoms with van der Waals surface area (Å²) in [6.45, 7) is 11.5. The largest absolute Gasteiger partial charge is 0.363 e. The fourth-order valence-electron chi connectivity index (χ4n) is 2.32. The molecule has 0 fully saturated rings. The zero-order valence-electron chi connectivity index (χ0n) is 14.6. The van der Waals surface area contributed by atoms with Crippen LogP contribution in [0, 0.1) is 13.8 Å². The number of hydrogen-bond acceptors (Lipinski definition) is 7. The lowest BCUT2D eigenvalue weighted by molar-refractivity contribution is 0.226. The molecule has 1 rings (SSSR count). The molecule has 1 heterocycles. The van der Waals surface area contributed by atoms with E-state index in [1.807, 2.05) is 13.8 Å². The first kappa shape index (κ1) is 21.0. The van der Waals surface area contributed by atoms with Gasteiger partial charge in [0.15, 0.2) is 0 Å². The quantitative estimate of drug-likeness (QED) is 0.565. The molecule has 0 saturated heterocycles. The van der Waals surface area contributed by atoms with Crippen LogP contribution in [0.2, 0.25) is 0 Å². The highest BCUT2D eigenvalue weighted by Crippen LogP contribution is 2.55. The van der Waals surface area contributed by atoms with Gasteiger partial charge in [-0.3, -0.25) is 9.13 Å². The van der Waals surface area contributed by atoms with E-state index in [2.05, 4.69) is 0 Å². The van der Waals surface area contributed by atoms with Crippen molar-refractivity contribution >= 4 is 37.1 Å². The standard InChI is InChI=1S/C14H26O6P2S/c1-7-17-21(15,18-8-2)13-11(5)23-12(6)14(13)22(16,19-9-3)20-10-4/h7-10H2,1-6H3. The molecule has 0 amide bonds. The molecule has 0 aliphatic rings. The van der Waals surface area contributed by atoms with Crippen LogP contribution in [0.4, 0.5) is 0 Å². The van der Waals surface area contributed by atoms with Crippen molar-refractivity contribution in [3.8, 4) is 0 Å². The molecule has 0 bridgehead atoms. The fourth-order valence-corrected chi connectivity index (χ4v) is 8.66. The van der Waals surface area contributed by atoms with Gasteiger partial charge in [-0.25, -0.2) is 0 Å². The SMILES string of the molecule is CCOP(=O)(OCC)c1c(C)sc(C)c1P(=O)(OCC)OCC. The van der Waals surface area contributed by atoms with Crippen molar-refractivity contribution in [2.45, 2.75) is 41.5 Å². The van der Waals surface area contributed by atoms with Gasteiger partial charge in [0.1, 0.15) is 0 Å². The van der Waals surface area contributed by atoms with Crippen LogP contribution in [0.1, 0.15) is 37.4 Å². The summed E-state index contributed by atoms with van der Waals surface area (Å²) < 4.78 is 48.3. The van der Waals surface area contributed by atoms with E-state index in [0.717, 1.165) is 9.75 Å². The first-order valence-corrected chi connectivity index (χ1v) is 11.6. The maximum atomic E-state index is 13.3. The van der Waals surface area contributed by atoms with E-state index in [-0.39, 0.29) is 26.4 Å². The maximum Gasteiger partial charge on any atom is 0.363 e. The average molecular weight is 384 g/mol. The molecule has 134 valence electrons. The second kappa shape index (κ2) is 8.91. The van der Waals surface area contributed by atoms with Gasteiger partial charge >= 0.3 is 15.2 Å². The van der Waals surface area contributed by atoms with Crippen LogP contribution in [0.25, 0.3) is 0 Å². The minimum atomic E-state index is -3.59. The van der Waals surface area contributed by atoms with E-state index in [1.165, 1.54) is 11.3 Å². The van der Waals surface area contributed by atoms with Gasteiger partial charge < -0.3 is 18.1 Å². The molecule has 23 heavy (non-hydrogen) atoms. The van der Waals surface area contributed by atoms with E-state index < -0.39 is 15.2 Å². The Bertz CT molecular complexity index is 542. The van der Waals surface area contributed by atoms with Crippen molar-refractivity contribution in [3.05, 3.63) is 9.75 Å². The summed E-state index contributed by atoms with van der Waals surface area (Å²) in [5, 5.41) is 0.655. The summed E-state index contributed by atoms with van der Waals surface area (Å²) >= 11 is 1.39. The van der Waals surface area contributed by atoms with Gasteiger partial charge in [-0.1, -0.05) is 0 Å². The summed E-state index contributed by atoms with van der Waals surface area (Å²) in [5.41, 5.74) is 0. The van der Waals surface area contributed by atoms with E-state index in [9.17, 15) is 9.13 Å². The predicted octanol–water partition coefficient (Wildman–Crippen LogP) is 4.15. The normalized spacial score (nSPS) is 12.8. The third kappa shape index (κ3) is 4.55. The zero-order chi connectivity index (χ0) is 17.7. The van der Waals surface area contributed by atoms with Gasteiger partial charge in [0.05, 0.1) is 37.0 Å². The Morgan fingerprint density at radius 3 is 1.17 bits per heavy atom. The number of hydrogen-bond donors (Lipinski definition) is 0. The lowest BCUT2D eigenvalue weighted by atomic mass is 10.4. The molecule has 1 aromatic heterocycles. The van der Waals surface area contributed by atoms with Crippen LogP contribution in [-0.4, -0.2) is 26.4 Å². The third-order valence-electron chi connectivity index (χ3n) is 2.94.